The number of ketones is 1. The second-order valence-electron chi connectivity index (χ2n) is 5.20. The van der Waals surface area contributed by atoms with Gasteiger partial charge in [-0.15, -0.1) is 0 Å². The highest BCUT2D eigenvalue weighted by molar-refractivity contribution is 6.17. The first-order chi connectivity index (χ1) is 10.7. The van der Waals surface area contributed by atoms with Crippen LogP contribution in [0.15, 0.2) is 66.4 Å². The van der Waals surface area contributed by atoms with Crippen molar-refractivity contribution < 1.29 is 14.6 Å². The Morgan fingerprint density at radius 3 is 2.68 bits per heavy atom. The number of phenols is 1. The van der Waals surface area contributed by atoms with E-state index in [1.54, 1.807) is 30.3 Å². The first kappa shape index (κ1) is 12.7. The van der Waals surface area contributed by atoms with Gasteiger partial charge in [0.05, 0.1) is 5.56 Å². The lowest BCUT2D eigenvalue weighted by atomic mass is 10.0. The van der Waals surface area contributed by atoms with Crippen molar-refractivity contribution in [1.82, 2.24) is 0 Å². The molecule has 0 aliphatic carbocycles. The second-order valence-corrected chi connectivity index (χ2v) is 5.20. The number of Topliss-reactive ketones (excluding diaryl/α,β-unsaturated/α-hetero) is 1. The molecule has 0 amide bonds. The molecule has 1 heterocycles. The number of hydrogen-bond donors (Lipinski definition) is 1. The molecule has 0 saturated heterocycles. The van der Waals surface area contributed by atoms with E-state index in [0.29, 0.717) is 11.3 Å². The van der Waals surface area contributed by atoms with Gasteiger partial charge in [-0.25, -0.2) is 0 Å². The van der Waals surface area contributed by atoms with Crippen LogP contribution in [0.4, 0.5) is 0 Å². The fourth-order valence-electron chi connectivity index (χ4n) is 2.68. The molecule has 0 aromatic heterocycles. The van der Waals surface area contributed by atoms with E-state index in [-0.39, 0.29) is 17.3 Å². The average molecular weight is 288 g/mol. The van der Waals surface area contributed by atoms with E-state index < -0.39 is 0 Å². The predicted octanol–water partition coefficient (Wildman–Crippen LogP) is 4.16. The van der Waals surface area contributed by atoms with E-state index in [0.717, 1.165) is 16.3 Å². The predicted molar refractivity (Wildman–Crippen MR) is 85.0 cm³/mol. The largest absolute Gasteiger partial charge is 0.508 e. The second kappa shape index (κ2) is 4.74. The molecule has 22 heavy (non-hydrogen) atoms. The number of fused-ring (bicyclic) bond motifs is 3. The summed E-state index contributed by atoms with van der Waals surface area (Å²) in [5.74, 6) is 0.901. The van der Waals surface area contributed by atoms with Crippen LogP contribution in [-0.2, 0) is 0 Å². The molecule has 3 nitrogen and oxygen atoms in total. The van der Waals surface area contributed by atoms with Crippen LogP contribution in [0.25, 0.3) is 16.8 Å². The number of ether oxygens (including phenoxy) is 1. The molecule has 0 atom stereocenters. The van der Waals surface area contributed by atoms with Crippen LogP contribution in [0, 0.1) is 0 Å². The fourth-order valence-corrected chi connectivity index (χ4v) is 2.68. The third-order valence-electron chi connectivity index (χ3n) is 3.73. The van der Waals surface area contributed by atoms with Gasteiger partial charge in [-0.1, -0.05) is 42.5 Å². The maximum absolute atomic E-state index is 12.5. The molecule has 1 aliphatic heterocycles. The molecule has 3 heteroatoms. The molecular weight excluding hydrogens is 276 g/mol. The van der Waals surface area contributed by atoms with Crippen molar-refractivity contribution >= 4 is 22.6 Å². The number of benzene rings is 3. The summed E-state index contributed by atoms with van der Waals surface area (Å²) in [6.07, 6.45) is 1.65. The smallest absolute Gasteiger partial charge is 0.231 e. The van der Waals surface area contributed by atoms with Crippen molar-refractivity contribution in [3.63, 3.8) is 0 Å². The average Bonchev–Trinajstić information content (AvgIpc) is 2.84. The lowest BCUT2D eigenvalue weighted by molar-refractivity contribution is 0.101. The molecule has 3 aromatic carbocycles. The number of rotatable bonds is 1. The molecule has 4 rings (SSSR count). The number of phenolic OH excluding ortho intramolecular Hbond substituents is 1. The first-order valence-electron chi connectivity index (χ1n) is 6.97. The molecule has 0 saturated carbocycles. The van der Waals surface area contributed by atoms with Crippen LogP contribution in [0.1, 0.15) is 15.9 Å². The van der Waals surface area contributed by atoms with Gasteiger partial charge in [-0.3, -0.25) is 4.79 Å². The van der Waals surface area contributed by atoms with Gasteiger partial charge in [-0.2, -0.15) is 0 Å². The minimum atomic E-state index is -0.135. The molecule has 1 N–H and O–H groups in total. The van der Waals surface area contributed by atoms with Gasteiger partial charge < -0.3 is 9.84 Å². The zero-order chi connectivity index (χ0) is 15.1. The Morgan fingerprint density at radius 2 is 1.82 bits per heavy atom. The summed E-state index contributed by atoms with van der Waals surface area (Å²) >= 11 is 0. The summed E-state index contributed by atoms with van der Waals surface area (Å²) in [5, 5.41) is 11.5. The summed E-state index contributed by atoms with van der Waals surface area (Å²) in [5.41, 5.74) is 1.30. The molecule has 0 radical (unpaired) electrons. The standard InChI is InChI=1S/C19H12O3/c20-14-6-3-4-12(10-14)11-17-18(21)16-9-8-13-5-1-2-7-15(13)19(16)22-17/h1-11,20H. The van der Waals surface area contributed by atoms with E-state index in [1.807, 2.05) is 36.4 Å². The van der Waals surface area contributed by atoms with Gasteiger partial charge in [-0.05, 0) is 35.2 Å². The zero-order valence-corrected chi connectivity index (χ0v) is 11.6. The van der Waals surface area contributed by atoms with E-state index in [4.69, 9.17) is 4.74 Å². The third-order valence-corrected chi connectivity index (χ3v) is 3.73. The van der Waals surface area contributed by atoms with Crippen molar-refractivity contribution in [2.24, 2.45) is 0 Å². The van der Waals surface area contributed by atoms with E-state index in [1.165, 1.54) is 0 Å². The molecule has 3 aromatic rings. The molecule has 0 unspecified atom stereocenters. The van der Waals surface area contributed by atoms with Crippen LogP contribution >= 0.6 is 0 Å². The van der Waals surface area contributed by atoms with Crippen LogP contribution in [-0.4, -0.2) is 10.9 Å². The van der Waals surface area contributed by atoms with Crippen molar-refractivity contribution in [1.29, 1.82) is 0 Å². The van der Waals surface area contributed by atoms with E-state index in [9.17, 15) is 9.90 Å². The highest BCUT2D eigenvalue weighted by atomic mass is 16.5. The zero-order valence-electron chi connectivity index (χ0n) is 11.6. The number of hydrogen-bond acceptors (Lipinski definition) is 3. The van der Waals surface area contributed by atoms with E-state index in [2.05, 4.69) is 0 Å². The molecule has 0 spiro atoms. The summed E-state index contributed by atoms with van der Waals surface area (Å²) in [7, 11) is 0. The van der Waals surface area contributed by atoms with Gasteiger partial charge in [0.2, 0.25) is 5.78 Å². The van der Waals surface area contributed by atoms with Crippen LogP contribution in [0.5, 0.6) is 11.5 Å². The summed E-state index contributed by atoms with van der Waals surface area (Å²) in [4.78, 5) is 12.5. The van der Waals surface area contributed by atoms with Gasteiger partial charge in [0.25, 0.3) is 0 Å². The Labute approximate surface area is 127 Å². The third kappa shape index (κ3) is 1.95. The maximum Gasteiger partial charge on any atom is 0.231 e. The molecule has 0 fully saturated rings. The molecular formula is C19H12O3. The minimum absolute atomic E-state index is 0.135. The topological polar surface area (TPSA) is 46.5 Å². The van der Waals surface area contributed by atoms with Crippen LogP contribution < -0.4 is 4.74 Å². The summed E-state index contributed by atoms with van der Waals surface area (Å²) in [6, 6.07) is 18.2. The normalized spacial score (nSPS) is 15.1. The van der Waals surface area contributed by atoms with Gasteiger partial charge in [0.15, 0.2) is 5.76 Å². The molecule has 0 bridgehead atoms. The highest BCUT2D eigenvalue weighted by Crippen LogP contribution is 2.38. The SMILES string of the molecule is O=C1C(=Cc2cccc(O)c2)Oc2c1ccc1ccccc21. The van der Waals surface area contributed by atoms with Gasteiger partial charge in [0.1, 0.15) is 11.5 Å². The lowest BCUT2D eigenvalue weighted by Crippen LogP contribution is -1.97. The number of carbonyl (C=O) groups excluding carboxylic acids is 1. The summed E-state index contributed by atoms with van der Waals surface area (Å²) in [6.45, 7) is 0. The van der Waals surface area contributed by atoms with Crippen molar-refractivity contribution in [2.75, 3.05) is 0 Å². The Morgan fingerprint density at radius 1 is 0.955 bits per heavy atom. The number of allylic oxidation sites excluding steroid dienone is 1. The first-order valence-corrected chi connectivity index (χ1v) is 6.97. The van der Waals surface area contributed by atoms with Crippen molar-refractivity contribution in [2.45, 2.75) is 0 Å². The monoisotopic (exact) mass is 288 g/mol. The Hall–Kier alpha value is -3.07. The quantitative estimate of drug-likeness (QED) is 0.684. The minimum Gasteiger partial charge on any atom is -0.508 e. The van der Waals surface area contributed by atoms with Gasteiger partial charge in [0, 0.05) is 5.39 Å². The Kier molecular flexibility index (Phi) is 2.73. The molecule has 106 valence electrons. The highest BCUT2D eigenvalue weighted by Gasteiger charge is 2.28. The van der Waals surface area contributed by atoms with E-state index >= 15 is 0 Å². The van der Waals surface area contributed by atoms with Crippen LogP contribution in [0.2, 0.25) is 0 Å². The van der Waals surface area contributed by atoms with Crippen LogP contribution in [0.3, 0.4) is 0 Å². The van der Waals surface area contributed by atoms with Crippen molar-refractivity contribution in [3.05, 3.63) is 77.5 Å². The molecule has 1 aliphatic rings. The Bertz CT molecular complexity index is 938. The maximum atomic E-state index is 12.5. The van der Waals surface area contributed by atoms with Gasteiger partial charge >= 0.3 is 0 Å². The summed E-state index contributed by atoms with van der Waals surface area (Å²) < 4.78 is 5.81. The Balaban J connectivity index is 1.83. The van der Waals surface area contributed by atoms with Crippen molar-refractivity contribution in [3.8, 4) is 11.5 Å². The number of carbonyl (C=O) groups is 1. The lowest BCUT2D eigenvalue weighted by Gasteiger charge is -2.03. The number of aromatic hydroxyl groups is 1. The fraction of sp³-hybridized carbons (Fsp3) is 0.